The summed E-state index contributed by atoms with van der Waals surface area (Å²) in [5, 5.41) is 23.2. The lowest BCUT2D eigenvalue weighted by atomic mass is 10.2. The van der Waals surface area contributed by atoms with E-state index in [9.17, 15) is 18.5 Å². The lowest BCUT2D eigenvalue weighted by Gasteiger charge is -2.10. The van der Waals surface area contributed by atoms with Crippen LogP contribution in [0.25, 0.3) is 0 Å². The molecular weight excluding hydrogens is 322 g/mol. The van der Waals surface area contributed by atoms with Gasteiger partial charge in [-0.15, -0.1) is 0 Å². The smallest absolute Gasteiger partial charge is 0.271 e. The van der Waals surface area contributed by atoms with Crippen LogP contribution in [0, 0.1) is 10.1 Å². The summed E-state index contributed by atoms with van der Waals surface area (Å²) in [6.07, 6.45) is 2.52. The van der Waals surface area contributed by atoms with Crippen LogP contribution in [0.15, 0.2) is 29.3 Å². The lowest BCUT2D eigenvalue weighted by Crippen LogP contribution is -2.15. The molecule has 1 aromatic carbocycles. The molecule has 0 amide bonds. The number of primary sulfonamides is 1. The highest BCUT2D eigenvalue weighted by atomic mass is 32.2. The van der Waals surface area contributed by atoms with E-state index >= 15 is 0 Å². The standard InChI is InChI=1S/C13H17N5O4S/c1-3-11-9(8-17(2)16-11)7-15-12-6-10(18(19)20)4-5-13(12)23(14,21)22/h4-6,8,15H,3,7H2,1-2H3,(H2,14,21,22). The zero-order valence-electron chi connectivity index (χ0n) is 12.7. The summed E-state index contributed by atoms with van der Waals surface area (Å²) in [7, 11) is -2.21. The molecule has 0 aliphatic carbocycles. The Morgan fingerprint density at radius 1 is 1.43 bits per heavy atom. The van der Waals surface area contributed by atoms with Gasteiger partial charge in [-0.25, -0.2) is 13.6 Å². The molecule has 1 heterocycles. The number of aryl methyl sites for hydroxylation is 2. The number of benzene rings is 1. The molecule has 23 heavy (non-hydrogen) atoms. The molecule has 0 aliphatic rings. The van der Waals surface area contributed by atoms with Crippen molar-refractivity contribution in [2.24, 2.45) is 12.2 Å². The average Bonchev–Trinajstić information content (AvgIpc) is 2.83. The van der Waals surface area contributed by atoms with Gasteiger partial charge in [0.2, 0.25) is 10.0 Å². The zero-order chi connectivity index (χ0) is 17.2. The van der Waals surface area contributed by atoms with E-state index in [1.165, 1.54) is 0 Å². The van der Waals surface area contributed by atoms with Crippen LogP contribution < -0.4 is 10.5 Å². The molecule has 124 valence electrons. The van der Waals surface area contributed by atoms with Gasteiger partial charge in [-0.05, 0) is 12.5 Å². The SMILES string of the molecule is CCc1nn(C)cc1CNc1cc([N+](=O)[O-])ccc1S(N)(=O)=O. The van der Waals surface area contributed by atoms with Gasteiger partial charge >= 0.3 is 0 Å². The number of anilines is 1. The summed E-state index contributed by atoms with van der Waals surface area (Å²) < 4.78 is 24.9. The van der Waals surface area contributed by atoms with E-state index in [-0.39, 0.29) is 22.8 Å². The molecule has 0 radical (unpaired) electrons. The summed E-state index contributed by atoms with van der Waals surface area (Å²) in [5.74, 6) is 0. The van der Waals surface area contributed by atoms with Gasteiger partial charge in [0.1, 0.15) is 4.90 Å². The minimum atomic E-state index is -4.00. The fourth-order valence-electron chi connectivity index (χ4n) is 2.24. The molecule has 0 saturated carbocycles. The van der Waals surface area contributed by atoms with Crippen LogP contribution in [0.1, 0.15) is 18.2 Å². The van der Waals surface area contributed by atoms with Crippen molar-refractivity contribution >= 4 is 21.4 Å². The monoisotopic (exact) mass is 339 g/mol. The highest BCUT2D eigenvalue weighted by Crippen LogP contribution is 2.26. The van der Waals surface area contributed by atoms with E-state index in [1.807, 2.05) is 6.92 Å². The van der Waals surface area contributed by atoms with Crippen LogP contribution in [-0.4, -0.2) is 23.1 Å². The molecular formula is C13H17N5O4S. The number of aromatic nitrogens is 2. The summed E-state index contributed by atoms with van der Waals surface area (Å²) in [5.41, 5.74) is 1.61. The van der Waals surface area contributed by atoms with E-state index in [2.05, 4.69) is 10.4 Å². The third-order valence-electron chi connectivity index (χ3n) is 3.28. The molecule has 0 unspecified atom stereocenters. The van der Waals surface area contributed by atoms with Crippen LogP contribution in [0.2, 0.25) is 0 Å². The number of nitrogens with zero attached hydrogens (tertiary/aromatic N) is 3. The summed E-state index contributed by atoms with van der Waals surface area (Å²) in [6, 6.07) is 3.38. The van der Waals surface area contributed by atoms with Crippen LogP contribution >= 0.6 is 0 Å². The third-order valence-corrected chi connectivity index (χ3v) is 4.25. The third kappa shape index (κ3) is 3.85. The minimum Gasteiger partial charge on any atom is -0.380 e. The maximum atomic E-state index is 11.6. The molecule has 2 aromatic rings. The number of nitrogens with two attached hydrogens (primary N) is 1. The van der Waals surface area contributed by atoms with Gasteiger partial charge in [-0.2, -0.15) is 5.10 Å². The molecule has 10 heteroatoms. The Morgan fingerprint density at radius 3 is 2.70 bits per heavy atom. The molecule has 2 rings (SSSR count). The van der Waals surface area contributed by atoms with Crippen molar-refractivity contribution in [3.8, 4) is 0 Å². The molecule has 0 aliphatic heterocycles. The normalized spacial score (nSPS) is 11.4. The van der Waals surface area contributed by atoms with Gasteiger partial charge < -0.3 is 5.32 Å². The Kier molecular flexibility index (Phi) is 4.66. The maximum absolute atomic E-state index is 11.6. The number of sulfonamides is 1. The Hall–Kier alpha value is -2.46. The van der Waals surface area contributed by atoms with Gasteiger partial charge in [0.05, 0.1) is 16.3 Å². The van der Waals surface area contributed by atoms with Crippen molar-refractivity contribution in [2.45, 2.75) is 24.8 Å². The highest BCUT2D eigenvalue weighted by Gasteiger charge is 2.18. The number of hydrogen-bond donors (Lipinski definition) is 2. The number of nitro groups is 1. The molecule has 9 nitrogen and oxygen atoms in total. The zero-order valence-corrected chi connectivity index (χ0v) is 13.5. The summed E-state index contributed by atoms with van der Waals surface area (Å²) in [6.45, 7) is 2.23. The van der Waals surface area contributed by atoms with E-state index in [1.54, 1.807) is 17.9 Å². The first-order valence-corrected chi connectivity index (χ1v) is 8.33. The van der Waals surface area contributed by atoms with E-state index in [4.69, 9.17) is 5.14 Å². The average molecular weight is 339 g/mol. The minimum absolute atomic E-state index is 0.0904. The van der Waals surface area contributed by atoms with Crippen molar-refractivity contribution in [3.63, 3.8) is 0 Å². The first kappa shape index (κ1) is 16.9. The summed E-state index contributed by atoms with van der Waals surface area (Å²) >= 11 is 0. The second kappa shape index (κ2) is 6.34. The van der Waals surface area contributed by atoms with Gasteiger partial charge in [0.25, 0.3) is 5.69 Å². The maximum Gasteiger partial charge on any atom is 0.271 e. The molecule has 3 N–H and O–H groups in total. The van der Waals surface area contributed by atoms with Crippen molar-refractivity contribution in [2.75, 3.05) is 5.32 Å². The highest BCUT2D eigenvalue weighted by molar-refractivity contribution is 7.89. The number of non-ortho nitro benzene ring substituents is 1. The number of rotatable bonds is 6. The first-order valence-electron chi connectivity index (χ1n) is 6.79. The fourth-order valence-corrected chi connectivity index (χ4v) is 2.93. The Morgan fingerprint density at radius 2 is 2.13 bits per heavy atom. The molecule has 1 aromatic heterocycles. The van der Waals surface area contributed by atoms with Crippen LogP contribution in [0.3, 0.4) is 0 Å². The second-order valence-corrected chi connectivity index (χ2v) is 6.49. The van der Waals surface area contributed by atoms with Crippen molar-refractivity contribution in [1.82, 2.24) is 9.78 Å². The van der Waals surface area contributed by atoms with E-state index in [0.717, 1.165) is 35.9 Å². The van der Waals surface area contributed by atoms with Crippen molar-refractivity contribution < 1.29 is 13.3 Å². The van der Waals surface area contributed by atoms with Gasteiger partial charge in [-0.3, -0.25) is 14.8 Å². The number of nitrogens with one attached hydrogen (secondary N) is 1. The number of nitro benzene ring substituents is 1. The van der Waals surface area contributed by atoms with Gasteiger partial charge in [0, 0.05) is 37.5 Å². The van der Waals surface area contributed by atoms with Crippen LogP contribution in [0.4, 0.5) is 11.4 Å². The molecule has 0 saturated heterocycles. The first-order chi connectivity index (χ1) is 10.7. The largest absolute Gasteiger partial charge is 0.380 e. The molecule has 0 spiro atoms. The lowest BCUT2D eigenvalue weighted by molar-refractivity contribution is -0.384. The fraction of sp³-hybridized carbons (Fsp3) is 0.308. The Balaban J connectivity index is 2.37. The van der Waals surface area contributed by atoms with Crippen LogP contribution in [0.5, 0.6) is 0 Å². The predicted octanol–water partition coefficient (Wildman–Crippen LogP) is 1.15. The van der Waals surface area contributed by atoms with Crippen LogP contribution in [-0.2, 0) is 30.0 Å². The quantitative estimate of drug-likeness (QED) is 0.599. The van der Waals surface area contributed by atoms with Gasteiger partial charge in [-0.1, -0.05) is 6.92 Å². The topological polar surface area (TPSA) is 133 Å². The molecule has 0 bridgehead atoms. The van der Waals surface area contributed by atoms with Gasteiger partial charge in [0.15, 0.2) is 0 Å². The Labute approximate surface area is 133 Å². The number of hydrogen-bond acceptors (Lipinski definition) is 6. The second-order valence-electron chi connectivity index (χ2n) is 4.96. The predicted molar refractivity (Wildman–Crippen MR) is 84.4 cm³/mol. The Bertz CT molecular complexity index is 844. The van der Waals surface area contributed by atoms with E-state index < -0.39 is 14.9 Å². The molecule has 0 atom stereocenters. The van der Waals surface area contributed by atoms with E-state index in [0.29, 0.717) is 0 Å². The molecule has 0 fully saturated rings. The summed E-state index contributed by atoms with van der Waals surface area (Å²) in [4.78, 5) is 10.1. The van der Waals surface area contributed by atoms with Crippen molar-refractivity contribution in [3.05, 3.63) is 45.8 Å². The van der Waals surface area contributed by atoms with Crippen molar-refractivity contribution in [1.29, 1.82) is 0 Å².